The van der Waals surface area contributed by atoms with Crippen molar-refractivity contribution in [1.82, 2.24) is 5.32 Å². The van der Waals surface area contributed by atoms with Crippen LogP contribution in [0.25, 0.3) is 0 Å². The lowest BCUT2D eigenvalue weighted by Gasteiger charge is -2.32. The summed E-state index contributed by atoms with van der Waals surface area (Å²) in [6.45, 7) is 2.37. The highest BCUT2D eigenvalue weighted by atomic mass is 35.5. The largest absolute Gasteiger partial charge is 0.394 e. The lowest BCUT2D eigenvalue weighted by molar-refractivity contribution is 0.144. The van der Waals surface area contributed by atoms with Crippen molar-refractivity contribution in [3.63, 3.8) is 0 Å². The van der Waals surface area contributed by atoms with Crippen molar-refractivity contribution in [1.29, 1.82) is 0 Å². The van der Waals surface area contributed by atoms with Crippen LogP contribution < -0.4 is 5.32 Å². The van der Waals surface area contributed by atoms with Gasteiger partial charge in [-0.25, -0.2) is 0 Å². The number of aliphatic hydroxyl groups is 1. The van der Waals surface area contributed by atoms with Gasteiger partial charge in [0.05, 0.1) is 16.7 Å². The van der Waals surface area contributed by atoms with E-state index in [0.29, 0.717) is 16.1 Å². The molecule has 0 spiro atoms. The first-order valence-electron chi connectivity index (χ1n) is 7.55. The minimum Gasteiger partial charge on any atom is -0.394 e. The van der Waals surface area contributed by atoms with Crippen LogP contribution in [0.2, 0.25) is 10.0 Å². The van der Waals surface area contributed by atoms with Gasteiger partial charge in [-0.1, -0.05) is 30.1 Å². The number of nitrogens with one attached hydrogen (secondary N) is 1. The molecule has 2 rings (SSSR count). The molecule has 0 amide bonds. The summed E-state index contributed by atoms with van der Waals surface area (Å²) < 4.78 is 0. The molecule has 1 fully saturated rings. The first kappa shape index (κ1) is 17.4. The molecule has 5 heteroatoms. The van der Waals surface area contributed by atoms with Gasteiger partial charge in [0.1, 0.15) is 0 Å². The zero-order chi connectivity index (χ0) is 15.3. The molecule has 2 N–H and O–H groups in total. The lowest BCUT2D eigenvalue weighted by atomic mass is 9.91. The summed E-state index contributed by atoms with van der Waals surface area (Å²) in [4.78, 5) is 1.14. The molecule has 0 bridgehead atoms. The van der Waals surface area contributed by atoms with E-state index in [1.807, 2.05) is 18.2 Å². The second-order valence-electron chi connectivity index (χ2n) is 5.74. The van der Waals surface area contributed by atoms with E-state index in [4.69, 9.17) is 23.2 Å². The lowest BCUT2D eigenvalue weighted by Crippen LogP contribution is -2.49. The van der Waals surface area contributed by atoms with Gasteiger partial charge in [-0.15, -0.1) is 11.8 Å². The average molecular weight is 348 g/mol. The van der Waals surface area contributed by atoms with Gasteiger partial charge in [-0.2, -0.15) is 0 Å². The number of benzene rings is 1. The molecule has 118 valence electrons. The highest BCUT2D eigenvalue weighted by Crippen LogP contribution is 2.30. The molecule has 1 aromatic rings. The van der Waals surface area contributed by atoms with Gasteiger partial charge in [-0.05, 0) is 56.1 Å². The molecule has 1 aliphatic rings. The van der Waals surface area contributed by atoms with Gasteiger partial charge >= 0.3 is 0 Å². The van der Waals surface area contributed by atoms with Crippen molar-refractivity contribution < 1.29 is 5.11 Å². The minimum atomic E-state index is -0.0978. The van der Waals surface area contributed by atoms with Gasteiger partial charge in [0.2, 0.25) is 0 Å². The molecule has 1 saturated carbocycles. The number of hydrogen-bond donors (Lipinski definition) is 2. The minimum absolute atomic E-state index is 0.0978. The fourth-order valence-electron chi connectivity index (χ4n) is 2.42. The smallest absolute Gasteiger partial charge is 0.0613 e. The van der Waals surface area contributed by atoms with Crippen LogP contribution in [0.4, 0.5) is 0 Å². The number of hydrogen-bond acceptors (Lipinski definition) is 3. The van der Waals surface area contributed by atoms with Crippen molar-refractivity contribution in [2.45, 2.75) is 55.5 Å². The maximum absolute atomic E-state index is 9.74. The van der Waals surface area contributed by atoms with Gasteiger partial charge < -0.3 is 10.4 Å². The molecule has 0 radical (unpaired) electrons. The zero-order valence-electron chi connectivity index (χ0n) is 12.4. The normalized spacial score (nSPS) is 17.7. The predicted octanol–water partition coefficient (Wildman–Crippen LogP) is 4.76. The molecule has 0 aliphatic heterocycles. The van der Waals surface area contributed by atoms with Crippen molar-refractivity contribution in [2.75, 3.05) is 12.4 Å². The monoisotopic (exact) mass is 347 g/mol. The summed E-state index contributed by atoms with van der Waals surface area (Å²) in [5.41, 5.74) is -0.0978. The fraction of sp³-hybridized carbons (Fsp3) is 0.625. The van der Waals surface area contributed by atoms with Gasteiger partial charge in [0.15, 0.2) is 0 Å². The summed E-state index contributed by atoms with van der Waals surface area (Å²) in [7, 11) is 0. The second-order valence-corrected chi connectivity index (χ2v) is 7.72. The quantitative estimate of drug-likeness (QED) is 0.499. The number of aliphatic hydroxyl groups excluding tert-OH is 1. The number of rotatable bonds is 9. The Kier molecular flexibility index (Phi) is 6.70. The predicted molar refractivity (Wildman–Crippen MR) is 92.7 cm³/mol. The van der Waals surface area contributed by atoms with Crippen LogP contribution in [0.5, 0.6) is 0 Å². The highest BCUT2D eigenvalue weighted by molar-refractivity contribution is 7.99. The Bertz CT molecular complexity index is 462. The Hall–Kier alpha value is 0.0700. The summed E-state index contributed by atoms with van der Waals surface area (Å²) in [5, 5.41) is 14.6. The highest BCUT2D eigenvalue weighted by Gasteiger charge is 2.33. The van der Waals surface area contributed by atoms with Crippen LogP contribution >= 0.6 is 35.0 Å². The molecule has 1 aliphatic carbocycles. The zero-order valence-corrected chi connectivity index (χ0v) is 14.7. The van der Waals surface area contributed by atoms with Crippen molar-refractivity contribution in [3.05, 3.63) is 28.2 Å². The molecule has 2 nitrogen and oxygen atoms in total. The fourth-order valence-corrected chi connectivity index (χ4v) is 3.67. The summed E-state index contributed by atoms with van der Waals surface area (Å²) >= 11 is 13.7. The standard InChI is InChI=1S/C16H23Cl2NOS/c1-2-16(11-20,19-12-4-5-12)8-3-9-21-13-6-7-14(17)15(18)10-13/h6-7,10,12,19-20H,2-5,8-9,11H2,1H3. The van der Waals surface area contributed by atoms with Crippen molar-refractivity contribution >= 4 is 35.0 Å². The molecular weight excluding hydrogens is 325 g/mol. The maximum Gasteiger partial charge on any atom is 0.0613 e. The molecule has 0 aromatic heterocycles. The third-order valence-corrected chi connectivity index (χ3v) is 5.85. The molecule has 1 atom stereocenters. The van der Waals surface area contributed by atoms with Gasteiger partial charge in [0, 0.05) is 16.5 Å². The van der Waals surface area contributed by atoms with E-state index in [1.165, 1.54) is 12.8 Å². The topological polar surface area (TPSA) is 32.3 Å². The van der Waals surface area contributed by atoms with Crippen LogP contribution in [0.3, 0.4) is 0 Å². The van der Waals surface area contributed by atoms with Gasteiger partial charge in [0.25, 0.3) is 0 Å². The third-order valence-electron chi connectivity index (χ3n) is 4.03. The maximum atomic E-state index is 9.74. The molecular formula is C16H23Cl2NOS. The second kappa shape index (κ2) is 8.07. The van der Waals surface area contributed by atoms with E-state index in [9.17, 15) is 5.11 Å². The molecule has 1 unspecified atom stereocenters. The van der Waals surface area contributed by atoms with Crippen LogP contribution in [0.15, 0.2) is 23.1 Å². The van der Waals surface area contributed by atoms with Gasteiger partial charge in [-0.3, -0.25) is 0 Å². The van der Waals surface area contributed by atoms with E-state index >= 15 is 0 Å². The Balaban J connectivity index is 1.77. The van der Waals surface area contributed by atoms with E-state index in [1.54, 1.807) is 11.8 Å². The number of thioether (sulfide) groups is 1. The third kappa shape index (κ3) is 5.33. The Labute approximate surface area is 141 Å². The Morgan fingerprint density at radius 1 is 1.33 bits per heavy atom. The van der Waals surface area contributed by atoms with Crippen LogP contribution in [-0.4, -0.2) is 29.0 Å². The molecule has 21 heavy (non-hydrogen) atoms. The summed E-state index contributed by atoms with van der Waals surface area (Å²) in [5.74, 6) is 1.02. The van der Waals surface area contributed by atoms with E-state index in [2.05, 4.69) is 12.2 Å². The average Bonchev–Trinajstić information content (AvgIpc) is 3.30. The first-order valence-corrected chi connectivity index (χ1v) is 9.29. The van der Waals surface area contributed by atoms with Crippen molar-refractivity contribution in [3.8, 4) is 0 Å². The summed E-state index contributed by atoms with van der Waals surface area (Å²) in [6, 6.07) is 6.38. The molecule has 1 aromatic carbocycles. The van der Waals surface area contributed by atoms with Crippen LogP contribution in [0.1, 0.15) is 39.0 Å². The Morgan fingerprint density at radius 3 is 2.67 bits per heavy atom. The summed E-state index contributed by atoms with van der Waals surface area (Å²) in [6.07, 6.45) is 5.54. The SMILES string of the molecule is CCC(CO)(CCCSc1ccc(Cl)c(Cl)c1)NC1CC1. The van der Waals surface area contributed by atoms with E-state index in [-0.39, 0.29) is 12.1 Å². The van der Waals surface area contributed by atoms with Crippen molar-refractivity contribution in [2.24, 2.45) is 0 Å². The molecule has 0 saturated heterocycles. The first-order chi connectivity index (χ1) is 10.1. The number of halogens is 2. The Morgan fingerprint density at radius 2 is 2.10 bits per heavy atom. The van der Waals surface area contributed by atoms with E-state index in [0.717, 1.165) is 29.9 Å². The van der Waals surface area contributed by atoms with E-state index < -0.39 is 0 Å². The molecule has 0 heterocycles. The van der Waals surface area contributed by atoms with Crippen LogP contribution in [-0.2, 0) is 0 Å². The van der Waals surface area contributed by atoms with Crippen LogP contribution in [0, 0.1) is 0 Å².